The number of benzene rings is 2. The van der Waals surface area contributed by atoms with Gasteiger partial charge in [0.1, 0.15) is 5.75 Å². The zero-order valence-electron chi connectivity index (χ0n) is 15.3. The summed E-state index contributed by atoms with van der Waals surface area (Å²) in [7, 11) is -3.53. The van der Waals surface area contributed by atoms with Crippen molar-refractivity contribution in [2.45, 2.75) is 38.9 Å². The number of nitrogens with zero attached hydrogens (tertiary/aromatic N) is 1. The molecular weight excluding hydrogens is 364 g/mol. The third-order valence-electron chi connectivity index (χ3n) is 4.39. The topological polar surface area (TPSA) is 75.7 Å². The van der Waals surface area contributed by atoms with E-state index in [0.29, 0.717) is 13.1 Å². The summed E-state index contributed by atoms with van der Waals surface area (Å²) in [6.07, 6.45) is 2.02. The van der Waals surface area contributed by atoms with Gasteiger partial charge < -0.3 is 14.4 Å². The van der Waals surface area contributed by atoms with Crippen LogP contribution in [0, 0.1) is 0 Å². The number of hydrogen-bond acceptors (Lipinski definition) is 4. The summed E-state index contributed by atoms with van der Waals surface area (Å²) in [6.45, 7) is 2.50. The highest BCUT2D eigenvalue weighted by atomic mass is 32.2. The van der Waals surface area contributed by atoms with Crippen LogP contribution in [-0.4, -0.2) is 31.1 Å². The van der Waals surface area contributed by atoms with Crippen molar-refractivity contribution in [3.8, 4) is 5.75 Å². The molecule has 0 heterocycles. The molecule has 0 aromatic heterocycles. The Morgan fingerprint density at radius 1 is 1.07 bits per heavy atom. The van der Waals surface area contributed by atoms with E-state index < -0.39 is 10.1 Å². The van der Waals surface area contributed by atoms with Crippen LogP contribution in [0.15, 0.2) is 54.6 Å². The lowest BCUT2D eigenvalue weighted by Crippen LogP contribution is -2.40. The Kier molecular flexibility index (Phi) is 6.01. The number of urea groups is 1. The lowest BCUT2D eigenvalue weighted by atomic mass is 10.2. The Balaban J connectivity index is 1.60. The fraction of sp³-hybridized carbons (Fsp3) is 0.350. The monoisotopic (exact) mass is 388 g/mol. The van der Waals surface area contributed by atoms with Gasteiger partial charge in [-0.25, -0.2) is 4.79 Å². The van der Waals surface area contributed by atoms with E-state index in [1.807, 2.05) is 35.2 Å². The van der Waals surface area contributed by atoms with E-state index in [9.17, 15) is 13.2 Å². The SMILES string of the molecule is CCS(=O)(=O)Oc1ccc(CN(C(=O)NCc2ccccc2)C2CC2)cc1. The smallest absolute Gasteiger partial charge is 0.318 e. The van der Waals surface area contributed by atoms with Crippen LogP contribution in [0.2, 0.25) is 0 Å². The Hall–Kier alpha value is -2.54. The number of carbonyl (C=O) groups is 1. The summed E-state index contributed by atoms with van der Waals surface area (Å²) in [5.74, 6) is 0.207. The fourth-order valence-corrected chi connectivity index (χ4v) is 3.20. The molecule has 0 saturated heterocycles. The predicted octanol–water partition coefficient (Wildman–Crippen LogP) is 3.29. The number of rotatable bonds is 8. The quantitative estimate of drug-likeness (QED) is 0.704. The summed E-state index contributed by atoms with van der Waals surface area (Å²) < 4.78 is 28.0. The summed E-state index contributed by atoms with van der Waals surface area (Å²) in [4.78, 5) is 14.4. The van der Waals surface area contributed by atoms with E-state index in [2.05, 4.69) is 5.32 Å². The second-order valence-electron chi connectivity index (χ2n) is 6.58. The predicted molar refractivity (Wildman–Crippen MR) is 104 cm³/mol. The van der Waals surface area contributed by atoms with E-state index in [4.69, 9.17) is 4.18 Å². The summed E-state index contributed by atoms with van der Waals surface area (Å²) in [5, 5.41) is 2.97. The van der Waals surface area contributed by atoms with Crippen molar-refractivity contribution in [2.75, 3.05) is 5.75 Å². The normalized spacial score (nSPS) is 13.8. The molecule has 1 aliphatic carbocycles. The van der Waals surface area contributed by atoms with Crippen LogP contribution in [0.5, 0.6) is 5.75 Å². The first-order valence-corrected chi connectivity index (χ1v) is 10.6. The number of carbonyl (C=O) groups excluding carboxylic acids is 1. The maximum atomic E-state index is 12.6. The second kappa shape index (κ2) is 8.43. The average Bonchev–Trinajstić information content (AvgIpc) is 3.51. The molecular formula is C20H24N2O4S. The summed E-state index contributed by atoms with van der Waals surface area (Å²) in [5.41, 5.74) is 1.98. The first kappa shape index (κ1) is 19.2. The average molecular weight is 388 g/mol. The zero-order valence-corrected chi connectivity index (χ0v) is 16.1. The molecule has 2 aromatic rings. The fourth-order valence-electron chi connectivity index (χ4n) is 2.68. The van der Waals surface area contributed by atoms with Gasteiger partial charge in [-0.15, -0.1) is 0 Å². The lowest BCUT2D eigenvalue weighted by molar-refractivity contribution is 0.191. The zero-order chi connectivity index (χ0) is 19.3. The van der Waals surface area contributed by atoms with E-state index >= 15 is 0 Å². The molecule has 27 heavy (non-hydrogen) atoms. The molecule has 2 amide bonds. The van der Waals surface area contributed by atoms with E-state index in [1.165, 1.54) is 6.92 Å². The van der Waals surface area contributed by atoms with Gasteiger partial charge in [0, 0.05) is 19.1 Å². The van der Waals surface area contributed by atoms with Crippen molar-refractivity contribution in [1.29, 1.82) is 0 Å². The van der Waals surface area contributed by atoms with Crippen molar-refractivity contribution in [2.24, 2.45) is 0 Å². The van der Waals surface area contributed by atoms with Crippen LogP contribution in [-0.2, 0) is 23.2 Å². The minimum Gasteiger partial charge on any atom is -0.382 e. The van der Waals surface area contributed by atoms with Gasteiger partial charge in [-0.05, 0) is 43.0 Å². The maximum absolute atomic E-state index is 12.6. The first-order valence-electron chi connectivity index (χ1n) is 9.06. The Morgan fingerprint density at radius 2 is 1.74 bits per heavy atom. The van der Waals surface area contributed by atoms with Crippen molar-refractivity contribution in [1.82, 2.24) is 10.2 Å². The van der Waals surface area contributed by atoms with Crippen molar-refractivity contribution in [3.63, 3.8) is 0 Å². The molecule has 0 radical (unpaired) electrons. The van der Waals surface area contributed by atoms with Crippen LogP contribution in [0.25, 0.3) is 0 Å². The molecule has 3 rings (SSSR count). The van der Waals surface area contributed by atoms with Gasteiger partial charge in [-0.1, -0.05) is 42.5 Å². The van der Waals surface area contributed by atoms with Crippen LogP contribution < -0.4 is 9.50 Å². The molecule has 144 valence electrons. The lowest BCUT2D eigenvalue weighted by Gasteiger charge is -2.23. The number of hydrogen-bond donors (Lipinski definition) is 1. The van der Waals surface area contributed by atoms with Gasteiger partial charge in [-0.3, -0.25) is 0 Å². The standard InChI is InChI=1S/C20H24N2O4S/c1-2-27(24,25)26-19-12-8-17(9-13-19)15-22(18-10-11-18)20(23)21-14-16-6-4-3-5-7-16/h3-9,12-13,18H,2,10-11,14-15H2,1H3,(H,21,23). The maximum Gasteiger partial charge on any atom is 0.318 e. The van der Waals surface area contributed by atoms with Crippen molar-refractivity contribution < 1.29 is 17.4 Å². The number of nitrogens with one attached hydrogen (secondary N) is 1. The Morgan fingerprint density at radius 3 is 2.33 bits per heavy atom. The summed E-state index contributed by atoms with van der Waals surface area (Å²) in [6, 6.07) is 16.8. The van der Waals surface area contributed by atoms with Gasteiger partial charge >= 0.3 is 16.1 Å². The largest absolute Gasteiger partial charge is 0.382 e. The molecule has 2 aromatic carbocycles. The molecule has 0 unspecified atom stereocenters. The highest BCUT2D eigenvalue weighted by molar-refractivity contribution is 7.87. The molecule has 6 nitrogen and oxygen atoms in total. The van der Waals surface area contributed by atoms with Gasteiger partial charge in [0.2, 0.25) is 0 Å². The van der Waals surface area contributed by atoms with Crippen LogP contribution in [0.4, 0.5) is 4.79 Å². The highest BCUT2D eigenvalue weighted by Gasteiger charge is 2.32. The molecule has 0 bridgehead atoms. The van der Waals surface area contributed by atoms with Crippen LogP contribution >= 0.6 is 0 Å². The first-order chi connectivity index (χ1) is 13.0. The van der Waals surface area contributed by atoms with Crippen LogP contribution in [0.3, 0.4) is 0 Å². The minimum absolute atomic E-state index is 0.0776. The molecule has 1 saturated carbocycles. The van der Waals surface area contributed by atoms with Gasteiger partial charge in [0.05, 0.1) is 5.75 Å². The Bertz CT molecular complexity index is 863. The van der Waals surface area contributed by atoms with Crippen LogP contribution in [0.1, 0.15) is 30.9 Å². The molecule has 0 atom stereocenters. The summed E-state index contributed by atoms with van der Waals surface area (Å²) >= 11 is 0. The second-order valence-corrected chi connectivity index (χ2v) is 8.44. The van der Waals surface area contributed by atoms with Gasteiger partial charge in [-0.2, -0.15) is 8.42 Å². The molecule has 7 heteroatoms. The van der Waals surface area contributed by atoms with E-state index in [-0.39, 0.29) is 23.6 Å². The third-order valence-corrected chi connectivity index (χ3v) is 5.54. The van der Waals surface area contributed by atoms with Gasteiger partial charge in [0.25, 0.3) is 0 Å². The Labute approximate surface area is 160 Å². The van der Waals surface area contributed by atoms with Crippen molar-refractivity contribution >= 4 is 16.1 Å². The van der Waals surface area contributed by atoms with E-state index in [1.54, 1.807) is 24.3 Å². The third kappa shape index (κ3) is 5.72. The number of amides is 2. The molecule has 0 aliphatic heterocycles. The molecule has 1 N–H and O–H groups in total. The van der Waals surface area contributed by atoms with Crippen molar-refractivity contribution in [3.05, 3.63) is 65.7 Å². The molecule has 1 fully saturated rings. The minimum atomic E-state index is -3.53. The molecule has 0 spiro atoms. The van der Waals surface area contributed by atoms with E-state index in [0.717, 1.165) is 24.0 Å². The van der Waals surface area contributed by atoms with Gasteiger partial charge in [0.15, 0.2) is 0 Å². The molecule has 1 aliphatic rings. The highest BCUT2D eigenvalue weighted by Crippen LogP contribution is 2.29.